The molecule has 0 bridgehead atoms. The van der Waals surface area contributed by atoms with Gasteiger partial charge < -0.3 is 10.6 Å². The van der Waals surface area contributed by atoms with E-state index in [1.807, 2.05) is 0 Å². The van der Waals surface area contributed by atoms with Crippen LogP contribution in [0.5, 0.6) is 0 Å². The van der Waals surface area contributed by atoms with Gasteiger partial charge in [-0.15, -0.1) is 0 Å². The third-order valence-corrected chi connectivity index (χ3v) is 3.10. The molecule has 17 heavy (non-hydrogen) atoms. The van der Waals surface area contributed by atoms with E-state index in [4.69, 9.17) is 5.73 Å². The van der Waals surface area contributed by atoms with Gasteiger partial charge in [-0.3, -0.25) is 9.78 Å². The average molecular weight is 237 g/mol. The van der Waals surface area contributed by atoms with Gasteiger partial charge in [-0.1, -0.05) is 0 Å². The van der Waals surface area contributed by atoms with Crippen LogP contribution in [-0.2, 0) is 0 Å². The highest BCUT2D eigenvalue weighted by atomic mass is 19.1. The molecule has 92 valence electrons. The number of amides is 1. The second kappa shape index (κ2) is 5.23. The van der Waals surface area contributed by atoms with Crippen molar-refractivity contribution >= 4 is 5.91 Å². The lowest BCUT2D eigenvalue weighted by Crippen LogP contribution is -2.29. The number of rotatable bonds is 3. The van der Waals surface area contributed by atoms with Gasteiger partial charge >= 0.3 is 0 Å². The lowest BCUT2D eigenvalue weighted by Gasteiger charge is -2.16. The van der Waals surface area contributed by atoms with Crippen molar-refractivity contribution < 1.29 is 9.18 Å². The highest BCUT2D eigenvalue weighted by Crippen LogP contribution is 2.20. The van der Waals surface area contributed by atoms with E-state index >= 15 is 0 Å². The monoisotopic (exact) mass is 237 g/mol. The largest absolute Gasteiger partial charge is 0.338 e. The summed E-state index contributed by atoms with van der Waals surface area (Å²) in [6, 6.07) is 1.23. The summed E-state index contributed by atoms with van der Waals surface area (Å²) in [5, 5.41) is 0. The Hall–Kier alpha value is -1.49. The van der Waals surface area contributed by atoms with Crippen LogP contribution in [0.2, 0.25) is 0 Å². The van der Waals surface area contributed by atoms with E-state index in [9.17, 15) is 9.18 Å². The van der Waals surface area contributed by atoms with Gasteiger partial charge in [-0.2, -0.15) is 0 Å². The van der Waals surface area contributed by atoms with Crippen molar-refractivity contribution in [3.05, 3.63) is 29.8 Å². The van der Waals surface area contributed by atoms with Crippen molar-refractivity contribution in [2.24, 2.45) is 11.7 Å². The first-order chi connectivity index (χ1) is 8.20. The second-order valence-electron chi connectivity index (χ2n) is 4.38. The van der Waals surface area contributed by atoms with Crippen LogP contribution in [0.15, 0.2) is 18.5 Å². The third-order valence-electron chi connectivity index (χ3n) is 3.10. The number of pyridine rings is 1. The van der Waals surface area contributed by atoms with E-state index in [1.165, 1.54) is 12.3 Å². The molecule has 0 radical (unpaired) electrons. The number of halogens is 1. The molecule has 1 aromatic heterocycles. The summed E-state index contributed by atoms with van der Waals surface area (Å²) >= 11 is 0. The van der Waals surface area contributed by atoms with Gasteiger partial charge in [0.1, 0.15) is 5.82 Å². The Morgan fingerprint density at radius 3 is 3.12 bits per heavy atom. The van der Waals surface area contributed by atoms with Crippen molar-refractivity contribution in [2.75, 3.05) is 19.6 Å². The first-order valence-electron chi connectivity index (χ1n) is 5.80. The molecule has 2 N–H and O–H groups in total. The minimum atomic E-state index is -0.478. The summed E-state index contributed by atoms with van der Waals surface area (Å²) in [4.78, 5) is 17.5. The van der Waals surface area contributed by atoms with Gasteiger partial charge in [0.2, 0.25) is 0 Å². The molecular formula is C12H16FN3O. The van der Waals surface area contributed by atoms with Gasteiger partial charge in [0.25, 0.3) is 5.91 Å². The van der Waals surface area contributed by atoms with Gasteiger partial charge in [-0.05, 0) is 31.4 Å². The van der Waals surface area contributed by atoms with Crippen molar-refractivity contribution in [2.45, 2.75) is 12.8 Å². The molecule has 0 aromatic carbocycles. The Morgan fingerprint density at radius 1 is 1.59 bits per heavy atom. The molecule has 4 nitrogen and oxygen atoms in total. The molecule has 1 aliphatic rings. The van der Waals surface area contributed by atoms with Crippen LogP contribution in [0.4, 0.5) is 4.39 Å². The molecule has 2 rings (SSSR count). The number of nitrogens with two attached hydrogens (primary N) is 1. The Labute approximate surface area is 99.6 Å². The highest BCUT2D eigenvalue weighted by molar-refractivity contribution is 5.94. The van der Waals surface area contributed by atoms with Crippen molar-refractivity contribution in [3.8, 4) is 0 Å². The second-order valence-corrected chi connectivity index (χ2v) is 4.38. The lowest BCUT2D eigenvalue weighted by atomic mass is 10.1. The van der Waals surface area contributed by atoms with E-state index in [2.05, 4.69) is 4.98 Å². The van der Waals surface area contributed by atoms with Crippen LogP contribution in [0.1, 0.15) is 23.2 Å². The zero-order chi connectivity index (χ0) is 12.3. The maximum atomic E-state index is 13.0. The van der Waals surface area contributed by atoms with Gasteiger partial charge in [0.15, 0.2) is 0 Å². The van der Waals surface area contributed by atoms with E-state index in [-0.39, 0.29) is 5.91 Å². The quantitative estimate of drug-likeness (QED) is 0.854. The molecule has 0 aliphatic carbocycles. The van der Waals surface area contributed by atoms with Crippen LogP contribution >= 0.6 is 0 Å². The molecule has 1 saturated heterocycles. The van der Waals surface area contributed by atoms with Gasteiger partial charge in [0, 0.05) is 19.3 Å². The van der Waals surface area contributed by atoms with Crippen molar-refractivity contribution in [1.29, 1.82) is 0 Å². The molecule has 2 heterocycles. The zero-order valence-electron chi connectivity index (χ0n) is 9.60. The Kier molecular flexibility index (Phi) is 3.68. The molecular weight excluding hydrogens is 221 g/mol. The number of nitrogens with zero attached hydrogens (tertiary/aromatic N) is 2. The van der Waals surface area contributed by atoms with Crippen LogP contribution < -0.4 is 5.73 Å². The fourth-order valence-electron chi connectivity index (χ4n) is 2.20. The third kappa shape index (κ3) is 2.79. The molecule has 1 aromatic rings. The number of aromatic nitrogens is 1. The van der Waals surface area contributed by atoms with Crippen LogP contribution in [0.25, 0.3) is 0 Å². The molecule has 0 saturated carbocycles. The Morgan fingerprint density at radius 2 is 2.41 bits per heavy atom. The minimum absolute atomic E-state index is 0.142. The number of carbonyl (C=O) groups excluding carboxylic acids is 1. The van der Waals surface area contributed by atoms with E-state index < -0.39 is 5.82 Å². The number of hydrogen-bond acceptors (Lipinski definition) is 3. The lowest BCUT2D eigenvalue weighted by molar-refractivity contribution is 0.0785. The average Bonchev–Trinajstić information content (AvgIpc) is 2.77. The SMILES string of the molecule is NCCC1CCN(C(=O)c2cncc(F)c2)C1. The standard InChI is InChI=1S/C12H16FN3O/c13-11-5-10(6-15-7-11)12(17)16-4-2-9(8-16)1-3-14/h5-7,9H,1-4,8,14H2. The first kappa shape index (κ1) is 12.0. The maximum Gasteiger partial charge on any atom is 0.255 e. The fraction of sp³-hybridized carbons (Fsp3) is 0.500. The Balaban J connectivity index is 2.02. The summed E-state index contributed by atoms with van der Waals surface area (Å²) in [6.45, 7) is 2.08. The summed E-state index contributed by atoms with van der Waals surface area (Å²) in [5.74, 6) is -0.143. The summed E-state index contributed by atoms with van der Waals surface area (Å²) in [6.07, 6.45) is 4.41. The molecule has 1 atom stereocenters. The van der Waals surface area contributed by atoms with E-state index in [1.54, 1.807) is 4.90 Å². The highest BCUT2D eigenvalue weighted by Gasteiger charge is 2.26. The molecule has 0 spiro atoms. The van der Waals surface area contributed by atoms with Crippen LogP contribution in [0.3, 0.4) is 0 Å². The first-order valence-corrected chi connectivity index (χ1v) is 5.80. The van der Waals surface area contributed by atoms with E-state index in [0.29, 0.717) is 24.6 Å². The Bertz CT molecular complexity index is 410. The fourth-order valence-corrected chi connectivity index (χ4v) is 2.20. The topological polar surface area (TPSA) is 59.2 Å². The van der Waals surface area contributed by atoms with E-state index in [0.717, 1.165) is 25.6 Å². The summed E-state index contributed by atoms with van der Waals surface area (Å²) < 4.78 is 13.0. The summed E-state index contributed by atoms with van der Waals surface area (Å²) in [5.41, 5.74) is 5.82. The van der Waals surface area contributed by atoms with Gasteiger partial charge in [0.05, 0.1) is 11.8 Å². The normalized spacial score (nSPS) is 19.6. The van der Waals surface area contributed by atoms with Crippen LogP contribution in [0, 0.1) is 11.7 Å². The van der Waals surface area contributed by atoms with Crippen LogP contribution in [-0.4, -0.2) is 35.4 Å². The number of likely N-dealkylation sites (tertiary alicyclic amines) is 1. The number of carbonyl (C=O) groups is 1. The van der Waals surface area contributed by atoms with Gasteiger partial charge in [-0.25, -0.2) is 4.39 Å². The molecule has 5 heteroatoms. The molecule has 1 fully saturated rings. The smallest absolute Gasteiger partial charge is 0.255 e. The molecule has 1 amide bonds. The molecule has 1 aliphatic heterocycles. The molecule has 1 unspecified atom stereocenters. The minimum Gasteiger partial charge on any atom is -0.338 e. The zero-order valence-corrected chi connectivity index (χ0v) is 9.60. The number of hydrogen-bond donors (Lipinski definition) is 1. The van der Waals surface area contributed by atoms with Crippen molar-refractivity contribution in [3.63, 3.8) is 0 Å². The maximum absolute atomic E-state index is 13.0. The summed E-state index contributed by atoms with van der Waals surface area (Å²) in [7, 11) is 0. The predicted octanol–water partition coefficient (Wildman–Crippen LogP) is 1.03. The van der Waals surface area contributed by atoms with Crippen molar-refractivity contribution in [1.82, 2.24) is 9.88 Å². The predicted molar refractivity (Wildman–Crippen MR) is 61.9 cm³/mol.